The predicted molar refractivity (Wildman–Crippen MR) is 224 cm³/mol. The Kier molecular flexibility index (Phi) is 11.3. The second-order valence-corrected chi connectivity index (χ2v) is 15.3. The van der Waals surface area contributed by atoms with Crippen LogP contribution >= 0.6 is 0 Å². The zero-order valence-electron chi connectivity index (χ0n) is 31.8. The van der Waals surface area contributed by atoms with Crippen molar-refractivity contribution in [3.05, 3.63) is 108 Å². The molecule has 2 N–H and O–H groups in total. The first-order valence-electron chi connectivity index (χ1n) is 20.3. The molecule has 1 aliphatic rings. The highest BCUT2D eigenvalue weighted by molar-refractivity contribution is 6.07. The molecule has 0 saturated heterocycles. The third-order valence-electron chi connectivity index (χ3n) is 11.8. The molecule has 4 nitrogen and oxygen atoms in total. The van der Waals surface area contributed by atoms with E-state index in [9.17, 15) is 10.2 Å². The molecular formula is C48H58N2O2. The monoisotopic (exact) mass is 694 g/mol. The highest BCUT2D eigenvalue weighted by Gasteiger charge is 2.51. The van der Waals surface area contributed by atoms with Crippen molar-refractivity contribution in [3.8, 4) is 0 Å². The zero-order valence-corrected chi connectivity index (χ0v) is 31.8. The quantitative estimate of drug-likeness (QED) is 0.0990. The second-order valence-electron chi connectivity index (χ2n) is 15.3. The number of aliphatic hydroxyl groups is 2. The summed E-state index contributed by atoms with van der Waals surface area (Å²) in [7, 11) is 0. The second kappa shape index (κ2) is 16.3. The zero-order chi connectivity index (χ0) is 36.2. The van der Waals surface area contributed by atoms with Gasteiger partial charge in [-0.1, -0.05) is 114 Å². The number of hydrogen-bond acceptors (Lipinski definition) is 4. The van der Waals surface area contributed by atoms with Crippen LogP contribution in [0.25, 0.3) is 43.1 Å². The number of nitrogens with zero attached hydrogens (tertiary/aromatic N) is 2. The maximum atomic E-state index is 12.2. The van der Waals surface area contributed by atoms with E-state index in [0.29, 0.717) is 0 Å². The predicted octanol–water partition coefficient (Wildman–Crippen LogP) is 11.7. The van der Waals surface area contributed by atoms with E-state index < -0.39 is 12.2 Å². The minimum Gasteiger partial charge on any atom is -0.392 e. The molecule has 0 bridgehead atoms. The number of fused-ring (bicyclic) bond motifs is 4. The summed E-state index contributed by atoms with van der Waals surface area (Å²) in [5.74, 6) is -0.744. The summed E-state index contributed by atoms with van der Waals surface area (Å²) >= 11 is 0. The molecule has 1 fully saturated rings. The lowest BCUT2D eigenvalue weighted by atomic mass is 9.62. The number of unbranched alkanes of at least 4 members (excludes halogenated alkanes) is 4. The van der Waals surface area contributed by atoms with E-state index in [1.54, 1.807) is 0 Å². The molecule has 7 rings (SSSR count). The number of anilines is 2. The van der Waals surface area contributed by atoms with Crippen LogP contribution in [0.4, 0.5) is 11.4 Å². The Hall–Kier alpha value is -4.12. The molecular weight excluding hydrogens is 637 g/mol. The first-order valence-corrected chi connectivity index (χ1v) is 20.3. The fourth-order valence-electron chi connectivity index (χ4n) is 8.75. The highest BCUT2D eigenvalue weighted by atomic mass is 16.3. The summed E-state index contributed by atoms with van der Waals surface area (Å²) < 4.78 is 0. The van der Waals surface area contributed by atoms with Gasteiger partial charge in [-0.15, -0.1) is 0 Å². The van der Waals surface area contributed by atoms with Gasteiger partial charge in [0.1, 0.15) is 0 Å². The molecule has 0 amide bonds. The van der Waals surface area contributed by atoms with Crippen LogP contribution in [-0.4, -0.2) is 48.6 Å². The summed E-state index contributed by atoms with van der Waals surface area (Å²) in [5, 5.41) is 34.0. The topological polar surface area (TPSA) is 46.9 Å². The van der Waals surface area contributed by atoms with Gasteiger partial charge in [0, 0.05) is 60.2 Å². The van der Waals surface area contributed by atoms with Gasteiger partial charge in [-0.25, -0.2) is 0 Å². The summed E-state index contributed by atoms with van der Waals surface area (Å²) in [6.45, 7) is 13.2. The molecule has 0 heterocycles. The Morgan fingerprint density at radius 3 is 1.04 bits per heavy atom. The number of aliphatic hydroxyl groups excluding tert-OH is 2. The molecule has 0 aliphatic heterocycles. The number of benzene rings is 6. The molecule has 1 aliphatic carbocycles. The molecule has 0 radical (unpaired) electrons. The SMILES string of the molecule is CCCCN(CCCC)c1ccc(C2C(O)C(c3ccc(N(CCCC)CCCC)c4cc5ccccc5cc34)C2O)c2cc3ccccc3cc12. The van der Waals surface area contributed by atoms with Crippen LogP contribution in [0.3, 0.4) is 0 Å². The largest absolute Gasteiger partial charge is 0.392 e. The van der Waals surface area contributed by atoms with Crippen LogP contribution in [0.2, 0.25) is 0 Å². The first kappa shape index (κ1) is 36.2. The lowest BCUT2D eigenvalue weighted by Crippen LogP contribution is -2.51. The molecule has 6 aromatic carbocycles. The molecule has 0 unspecified atom stereocenters. The molecule has 6 aromatic rings. The van der Waals surface area contributed by atoms with E-state index in [4.69, 9.17) is 0 Å². The van der Waals surface area contributed by atoms with Crippen LogP contribution in [0, 0.1) is 0 Å². The van der Waals surface area contributed by atoms with Gasteiger partial charge in [-0.3, -0.25) is 0 Å². The summed E-state index contributed by atoms with van der Waals surface area (Å²) in [4.78, 5) is 5.12. The van der Waals surface area contributed by atoms with Gasteiger partial charge in [-0.2, -0.15) is 0 Å². The summed E-state index contributed by atoms with van der Waals surface area (Å²) in [5.41, 5.74) is 4.61. The van der Waals surface area contributed by atoms with Crippen molar-refractivity contribution in [2.45, 2.75) is 103 Å². The van der Waals surface area contributed by atoms with Crippen molar-refractivity contribution in [1.82, 2.24) is 0 Å². The van der Waals surface area contributed by atoms with E-state index in [-0.39, 0.29) is 11.8 Å². The Balaban J connectivity index is 1.32. The number of rotatable bonds is 16. The Morgan fingerprint density at radius 1 is 0.423 bits per heavy atom. The fourth-order valence-corrected chi connectivity index (χ4v) is 8.75. The van der Waals surface area contributed by atoms with E-state index in [2.05, 4.69) is 135 Å². The van der Waals surface area contributed by atoms with Crippen molar-refractivity contribution in [3.63, 3.8) is 0 Å². The molecule has 0 aromatic heterocycles. The maximum absolute atomic E-state index is 12.2. The average molecular weight is 695 g/mol. The van der Waals surface area contributed by atoms with E-state index in [1.807, 2.05) is 0 Å². The first-order chi connectivity index (χ1) is 25.5. The Bertz CT molecular complexity index is 1960. The molecule has 0 atom stereocenters. The maximum Gasteiger partial charge on any atom is 0.0727 e. The minimum absolute atomic E-state index is 0.372. The van der Waals surface area contributed by atoms with Gasteiger partial charge in [0.15, 0.2) is 0 Å². The molecule has 4 heteroatoms. The van der Waals surface area contributed by atoms with Crippen molar-refractivity contribution < 1.29 is 10.2 Å². The molecule has 272 valence electrons. The average Bonchev–Trinajstić information content (AvgIpc) is 3.17. The minimum atomic E-state index is -0.705. The van der Waals surface area contributed by atoms with Crippen LogP contribution in [0.1, 0.15) is 102 Å². The highest BCUT2D eigenvalue weighted by Crippen LogP contribution is 2.53. The van der Waals surface area contributed by atoms with Crippen LogP contribution in [0.5, 0.6) is 0 Å². The van der Waals surface area contributed by atoms with Crippen LogP contribution < -0.4 is 9.80 Å². The van der Waals surface area contributed by atoms with Crippen LogP contribution in [0.15, 0.2) is 97.1 Å². The Labute approximate surface area is 311 Å². The lowest BCUT2D eigenvalue weighted by Gasteiger charge is -2.48. The van der Waals surface area contributed by atoms with Gasteiger partial charge in [0.2, 0.25) is 0 Å². The Morgan fingerprint density at radius 2 is 0.731 bits per heavy atom. The molecule has 0 spiro atoms. The summed E-state index contributed by atoms with van der Waals surface area (Å²) in [6.07, 6.45) is 7.83. The van der Waals surface area contributed by atoms with Crippen molar-refractivity contribution >= 4 is 54.5 Å². The third kappa shape index (κ3) is 6.88. The normalized spacial score (nSPS) is 18.7. The van der Waals surface area contributed by atoms with Crippen LogP contribution in [-0.2, 0) is 0 Å². The molecule has 1 saturated carbocycles. The van der Waals surface area contributed by atoms with Gasteiger partial charge >= 0.3 is 0 Å². The molecule has 52 heavy (non-hydrogen) atoms. The van der Waals surface area contributed by atoms with E-state index >= 15 is 0 Å². The van der Waals surface area contributed by atoms with Gasteiger partial charge < -0.3 is 20.0 Å². The van der Waals surface area contributed by atoms with Crippen molar-refractivity contribution in [2.75, 3.05) is 36.0 Å². The lowest BCUT2D eigenvalue weighted by molar-refractivity contribution is -0.0775. The third-order valence-corrected chi connectivity index (χ3v) is 11.8. The van der Waals surface area contributed by atoms with Gasteiger partial charge in [-0.05, 0) is 106 Å². The number of hydrogen-bond donors (Lipinski definition) is 2. The van der Waals surface area contributed by atoms with E-state index in [1.165, 1.54) is 43.7 Å². The van der Waals surface area contributed by atoms with Gasteiger partial charge in [0.25, 0.3) is 0 Å². The fraction of sp³-hybridized carbons (Fsp3) is 0.417. The van der Waals surface area contributed by atoms with Crippen molar-refractivity contribution in [1.29, 1.82) is 0 Å². The summed E-state index contributed by atoms with van der Waals surface area (Å²) in [6, 6.07) is 35.4. The smallest absolute Gasteiger partial charge is 0.0727 e. The van der Waals surface area contributed by atoms with Crippen molar-refractivity contribution in [2.24, 2.45) is 0 Å². The van der Waals surface area contributed by atoms with E-state index in [0.717, 1.165) is 99.4 Å². The van der Waals surface area contributed by atoms with Gasteiger partial charge in [0.05, 0.1) is 12.2 Å². The standard InChI is InChI=1S/C48H58N2O2/c1-5-9-25-49(26-10-6-2)43-23-21-37(39-29-33-17-13-15-19-35(33)31-41(39)43)45-47(51)46(48(45)52)38-22-24-44(50(27-11-7-3)28-12-8-4)42-32-36-20-16-14-18-34(36)30-40(38)42/h13-24,29-32,45-48,51-52H,5-12,25-28H2,1-4H3.